The Morgan fingerprint density at radius 3 is 2.54 bits per heavy atom. The molecule has 2 aromatic rings. The van der Waals surface area contributed by atoms with Crippen LogP contribution in [0.5, 0.6) is 0 Å². The number of rotatable bonds is 7. The molecule has 1 saturated heterocycles. The van der Waals surface area contributed by atoms with Gasteiger partial charge in [-0.2, -0.15) is 4.31 Å². The Morgan fingerprint density at radius 2 is 1.89 bits per heavy atom. The highest BCUT2D eigenvalue weighted by molar-refractivity contribution is 7.89. The van der Waals surface area contributed by atoms with Gasteiger partial charge in [0, 0.05) is 38.5 Å². The smallest absolute Gasteiger partial charge is 0.243 e. The number of hydrogen-bond donors (Lipinski definition) is 1. The molecule has 28 heavy (non-hydrogen) atoms. The summed E-state index contributed by atoms with van der Waals surface area (Å²) in [4.78, 5) is 12.7. The summed E-state index contributed by atoms with van der Waals surface area (Å²) >= 11 is 0. The fourth-order valence-corrected chi connectivity index (χ4v) is 4.87. The zero-order chi connectivity index (χ0) is 20.1. The number of nitrogens with one attached hydrogen (secondary N) is 1. The van der Waals surface area contributed by atoms with Crippen LogP contribution in [0, 0.1) is 12.8 Å². The zero-order valence-corrected chi connectivity index (χ0v) is 17.2. The second kappa shape index (κ2) is 8.83. The minimum absolute atomic E-state index is 0.0186. The Morgan fingerprint density at radius 1 is 1.21 bits per heavy atom. The van der Waals surface area contributed by atoms with E-state index in [1.807, 2.05) is 18.4 Å². The fourth-order valence-electron chi connectivity index (χ4n) is 3.40. The van der Waals surface area contributed by atoms with Crippen LogP contribution >= 0.6 is 0 Å². The number of sulfonamides is 1. The summed E-state index contributed by atoms with van der Waals surface area (Å²) in [6, 6.07) is 6.87. The van der Waals surface area contributed by atoms with Crippen LogP contribution < -0.4 is 5.32 Å². The summed E-state index contributed by atoms with van der Waals surface area (Å²) in [5.41, 5.74) is 1.02. The number of amides is 1. The Hall–Kier alpha value is -2.26. The number of hydrogen-bond acceptors (Lipinski definition) is 5. The normalized spacial score (nSPS) is 16.2. The maximum absolute atomic E-state index is 12.7. The van der Waals surface area contributed by atoms with Crippen LogP contribution in [0.4, 0.5) is 0 Å². The summed E-state index contributed by atoms with van der Waals surface area (Å²) in [6.45, 7) is 5.96. The molecule has 1 fully saturated rings. The largest absolute Gasteiger partial charge is 0.355 e. The molecule has 1 N–H and O–H groups in total. The zero-order valence-electron chi connectivity index (χ0n) is 16.3. The number of benzene rings is 1. The number of piperidine rings is 1. The maximum atomic E-state index is 12.7. The van der Waals surface area contributed by atoms with Gasteiger partial charge in [0.2, 0.25) is 15.9 Å². The first-order chi connectivity index (χ1) is 13.4. The van der Waals surface area contributed by atoms with Gasteiger partial charge in [-0.25, -0.2) is 8.42 Å². The summed E-state index contributed by atoms with van der Waals surface area (Å²) in [5, 5.41) is 10.9. The molecule has 1 amide bonds. The molecule has 9 heteroatoms. The molecule has 0 atom stereocenters. The summed E-state index contributed by atoms with van der Waals surface area (Å²) in [7, 11) is -3.50. The molecule has 0 radical (unpaired) electrons. The standard InChI is InChI=1S/C19H27N5O3S/c1-3-23-14-21-22-18(23)8-11-20-19(25)16-9-12-24(13-10-16)28(26,27)17-6-4-15(2)5-7-17/h4-7,14,16H,3,8-13H2,1-2H3,(H,20,25). The van der Waals surface area contributed by atoms with Gasteiger partial charge in [0.25, 0.3) is 0 Å². The van der Waals surface area contributed by atoms with Crippen molar-refractivity contribution in [2.45, 2.75) is 44.6 Å². The van der Waals surface area contributed by atoms with E-state index in [2.05, 4.69) is 15.5 Å². The van der Waals surface area contributed by atoms with Gasteiger partial charge in [-0.3, -0.25) is 4.79 Å². The molecule has 0 saturated carbocycles. The van der Waals surface area contributed by atoms with Gasteiger partial charge in [0.05, 0.1) is 4.90 Å². The maximum Gasteiger partial charge on any atom is 0.243 e. The van der Waals surface area contributed by atoms with E-state index in [-0.39, 0.29) is 11.8 Å². The highest BCUT2D eigenvalue weighted by Gasteiger charge is 2.31. The lowest BCUT2D eigenvalue weighted by Gasteiger charge is -2.30. The molecule has 1 aliphatic heterocycles. The number of aromatic nitrogens is 3. The Kier molecular flexibility index (Phi) is 6.46. The van der Waals surface area contributed by atoms with Gasteiger partial charge in [-0.15, -0.1) is 10.2 Å². The van der Waals surface area contributed by atoms with Crippen molar-refractivity contribution in [3.05, 3.63) is 42.0 Å². The molecule has 0 bridgehead atoms. The van der Waals surface area contributed by atoms with Gasteiger partial charge in [-0.05, 0) is 38.8 Å². The van der Waals surface area contributed by atoms with Crippen LogP contribution in [0.1, 0.15) is 31.2 Å². The minimum atomic E-state index is -3.50. The van der Waals surface area contributed by atoms with E-state index < -0.39 is 10.0 Å². The van der Waals surface area contributed by atoms with E-state index in [0.717, 1.165) is 17.9 Å². The number of nitrogens with zero attached hydrogens (tertiary/aromatic N) is 4. The molecule has 1 aromatic heterocycles. The molecule has 1 aromatic carbocycles. The predicted molar refractivity (Wildman–Crippen MR) is 105 cm³/mol. The molecule has 0 unspecified atom stereocenters. The fraction of sp³-hybridized carbons (Fsp3) is 0.526. The van der Waals surface area contributed by atoms with Crippen molar-refractivity contribution < 1.29 is 13.2 Å². The lowest BCUT2D eigenvalue weighted by atomic mass is 9.97. The van der Waals surface area contributed by atoms with Crippen LogP contribution in [0.25, 0.3) is 0 Å². The molecular weight excluding hydrogens is 378 g/mol. The van der Waals surface area contributed by atoms with Crippen molar-refractivity contribution in [1.82, 2.24) is 24.4 Å². The molecule has 1 aliphatic rings. The molecular formula is C19H27N5O3S. The molecule has 2 heterocycles. The number of carbonyl (C=O) groups excluding carboxylic acids is 1. The van der Waals surface area contributed by atoms with Crippen LogP contribution in [-0.4, -0.2) is 53.0 Å². The second-order valence-electron chi connectivity index (χ2n) is 7.07. The quantitative estimate of drug-likeness (QED) is 0.750. The Balaban J connectivity index is 1.49. The van der Waals surface area contributed by atoms with Crippen molar-refractivity contribution >= 4 is 15.9 Å². The average Bonchev–Trinajstić information content (AvgIpc) is 3.16. The molecule has 3 rings (SSSR count). The monoisotopic (exact) mass is 405 g/mol. The lowest BCUT2D eigenvalue weighted by Crippen LogP contribution is -2.43. The van der Waals surface area contributed by atoms with Gasteiger partial charge in [0.15, 0.2) is 0 Å². The van der Waals surface area contributed by atoms with E-state index in [1.54, 1.807) is 30.6 Å². The number of aryl methyl sites for hydroxylation is 2. The first-order valence-corrected chi connectivity index (χ1v) is 11.1. The summed E-state index contributed by atoms with van der Waals surface area (Å²) < 4.78 is 28.9. The molecule has 8 nitrogen and oxygen atoms in total. The van der Waals surface area contributed by atoms with Gasteiger partial charge in [0.1, 0.15) is 12.2 Å². The predicted octanol–water partition coefficient (Wildman–Crippen LogP) is 1.37. The highest BCUT2D eigenvalue weighted by atomic mass is 32.2. The summed E-state index contributed by atoms with van der Waals surface area (Å²) in [6.07, 6.45) is 3.37. The Bertz CT molecular complexity index is 900. The van der Waals surface area contributed by atoms with Gasteiger partial charge >= 0.3 is 0 Å². The van der Waals surface area contributed by atoms with E-state index in [0.29, 0.717) is 43.8 Å². The Labute approximate surface area is 166 Å². The van der Waals surface area contributed by atoms with Crippen molar-refractivity contribution in [2.75, 3.05) is 19.6 Å². The number of carbonyl (C=O) groups is 1. The lowest BCUT2D eigenvalue weighted by molar-refractivity contribution is -0.126. The van der Waals surface area contributed by atoms with Crippen LogP contribution in [-0.2, 0) is 27.8 Å². The first kappa shape index (κ1) is 20.5. The second-order valence-corrected chi connectivity index (χ2v) is 9.00. The average molecular weight is 406 g/mol. The highest BCUT2D eigenvalue weighted by Crippen LogP contribution is 2.24. The van der Waals surface area contributed by atoms with Crippen molar-refractivity contribution in [3.8, 4) is 0 Å². The van der Waals surface area contributed by atoms with E-state index in [4.69, 9.17) is 0 Å². The van der Waals surface area contributed by atoms with Crippen molar-refractivity contribution in [3.63, 3.8) is 0 Å². The third-order valence-electron chi connectivity index (χ3n) is 5.17. The summed E-state index contributed by atoms with van der Waals surface area (Å²) in [5.74, 6) is 0.672. The molecule has 0 spiro atoms. The first-order valence-electron chi connectivity index (χ1n) is 9.63. The SMILES string of the molecule is CCn1cnnc1CCNC(=O)C1CCN(S(=O)(=O)c2ccc(C)cc2)CC1. The van der Waals surface area contributed by atoms with Crippen LogP contribution in [0.2, 0.25) is 0 Å². The minimum Gasteiger partial charge on any atom is -0.355 e. The molecule has 152 valence electrons. The van der Waals surface area contributed by atoms with E-state index >= 15 is 0 Å². The van der Waals surface area contributed by atoms with Crippen LogP contribution in [0.15, 0.2) is 35.5 Å². The topological polar surface area (TPSA) is 97.2 Å². The van der Waals surface area contributed by atoms with Crippen molar-refractivity contribution in [1.29, 1.82) is 0 Å². The van der Waals surface area contributed by atoms with Crippen molar-refractivity contribution in [2.24, 2.45) is 5.92 Å². The molecule has 0 aliphatic carbocycles. The third kappa shape index (κ3) is 4.59. The van der Waals surface area contributed by atoms with Gasteiger partial charge < -0.3 is 9.88 Å². The van der Waals surface area contributed by atoms with E-state index in [1.165, 1.54) is 4.31 Å². The third-order valence-corrected chi connectivity index (χ3v) is 7.08. The van der Waals surface area contributed by atoms with Gasteiger partial charge in [-0.1, -0.05) is 17.7 Å². The van der Waals surface area contributed by atoms with E-state index in [9.17, 15) is 13.2 Å². The van der Waals surface area contributed by atoms with Crippen LogP contribution in [0.3, 0.4) is 0 Å².